The Bertz CT molecular complexity index is 436. The lowest BCUT2D eigenvalue weighted by atomic mass is 10.1. The molecule has 104 valence electrons. The first-order chi connectivity index (χ1) is 9.01. The third-order valence-corrected chi connectivity index (χ3v) is 2.60. The number of hydrazone groups is 1. The van der Waals surface area contributed by atoms with Crippen molar-refractivity contribution in [3.05, 3.63) is 29.8 Å². The lowest BCUT2D eigenvalue weighted by Crippen LogP contribution is -2.21. The zero-order valence-corrected chi connectivity index (χ0v) is 12.1. The molecule has 0 atom stereocenters. The Kier molecular flexibility index (Phi) is 6.06. The normalized spacial score (nSPS) is 11.5. The number of nitrogens with one attached hydrogen (secondary N) is 1. The first kappa shape index (κ1) is 15.2. The van der Waals surface area contributed by atoms with Gasteiger partial charge in [0.25, 0.3) is 0 Å². The molecule has 1 N–H and O–H groups in total. The summed E-state index contributed by atoms with van der Waals surface area (Å²) in [7, 11) is 1.62. The van der Waals surface area contributed by atoms with Crippen LogP contribution in [0.2, 0.25) is 0 Å². The highest BCUT2D eigenvalue weighted by molar-refractivity contribution is 5.85. The molecule has 0 bridgehead atoms. The minimum atomic E-state index is -0.103. The molecule has 19 heavy (non-hydrogen) atoms. The molecule has 0 aromatic heterocycles. The Labute approximate surface area is 114 Å². The highest BCUT2D eigenvalue weighted by Gasteiger charge is 2.03. The van der Waals surface area contributed by atoms with E-state index >= 15 is 0 Å². The quantitative estimate of drug-likeness (QED) is 0.633. The monoisotopic (exact) mass is 262 g/mol. The smallest absolute Gasteiger partial charge is 0.244 e. The molecule has 0 aliphatic carbocycles. The van der Waals surface area contributed by atoms with E-state index in [9.17, 15) is 4.79 Å². The van der Waals surface area contributed by atoms with E-state index in [0.29, 0.717) is 12.3 Å². The number of carbonyl (C=O) groups is 1. The van der Waals surface area contributed by atoms with Gasteiger partial charge in [-0.15, -0.1) is 0 Å². The second-order valence-electron chi connectivity index (χ2n) is 5.00. The summed E-state index contributed by atoms with van der Waals surface area (Å²) in [6.07, 6.45) is 1.21. The number of nitrogens with zero attached hydrogens (tertiary/aromatic N) is 1. The van der Waals surface area contributed by atoms with Crippen LogP contribution in [0.5, 0.6) is 5.75 Å². The number of rotatable bonds is 6. The molecule has 1 rings (SSSR count). The van der Waals surface area contributed by atoms with Crippen LogP contribution in [-0.2, 0) is 11.2 Å². The van der Waals surface area contributed by atoms with Gasteiger partial charge in [0.05, 0.1) is 13.5 Å². The van der Waals surface area contributed by atoms with E-state index in [1.165, 1.54) is 0 Å². The summed E-state index contributed by atoms with van der Waals surface area (Å²) in [5.74, 6) is 1.23. The van der Waals surface area contributed by atoms with E-state index < -0.39 is 0 Å². The minimum Gasteiger partial charge on any atom is -0.497 e. The summed E-state index contributed by atoms with van der Waals surface area (Å²) in [4.78, 5) is 11.7. The summed E-state index contributed by atoms with van der Waals surface area (Å²) in [6.45, 7) is 6.17. The molecule has 0 spiro atoms. The highest BCUT2D eigenvalue weighted by atomic mass is 16.5. The van der Waals surface area contributed by atoms with Crippen LogP contribution in [0, 0.1) is 5.92 Å². The summed E-state index contributed by atoms with van der Waals surface area (Å²) < 4.78 is 5.07. The van der Waals surface area contributed by atoms with Gasteiger partial charge in [-0.2, -0.15) is 5.10 Å². The van der Waals surface area contributed by atoms with Gasteiger partial charge in [0.2, 0.25) is 5.91 Å². The molecular formula is C15H22N2O2. The Hall–Kier alpha value is -1.84. The van der Waals surface area contributed by atoms with Crippen LogP contribution in [0.3, 0.4) is 0 Å². The second-order valence-corrected chi connectivity index (χ2v) is 5.00. The van der Waals surface area contributed by atoms with Crippen LogP contribution in [0.1, 0.15) is 32.8 Å². The standard InChI is InChI=1S/C15H22N2O2/c1-11(2)9-12(3)16-17-15(18)10-13-5-7-14(19-4)8-6-13/h5-8,11H,9-10H2,1-4H3,(H,17,18). The van der Waals surface area contributed by atoms with E-state index in [1.807, 2.05) is 31.2 Å². The van der Waals surface area contributed by atoms with Gasteiger partial charge < -0.3 is 4.74 Å². The fourth-order valence-electron chi connectivity index (χ4n) is 1.76. The number of hydrogen-bond donors (Lipinski definition) is 1. The van der Waals surface area contributed by atoms with E-state index in [-0.39, 0.29) is 5.91 Å². The Morgan fingerprint density at radius 1 is 1.32 bits per heavy atom. The average Bonchev–Trinajstić information content (AvgIpc) is 2.36. The topological polar surface area (TPSA) is 50.7 Å². The average molecular weight is 262 g/mol. The molecule has 0 saturated carbocycles. The van der Waals surface area contributed by atoms with Gasteiger partial charge >= 0.3 is 0 Å². The minimum absolute atomic E-state index is 0.103. The molecule has 1 amide bonds. The molecule has 1 aromatic carbocycles. The van der Waals surface area contributed by atoms with Crippen molar-refractivity contribution in [2.75, 3.05) is 7.11 Å². The molecule has 1 aromatic rings. The van der Waals surface area contributed by atoms with Crippen LogP contribution in [0.15, 0.2) is 29.4 Å². The largest absolute Gasteiger partial charge is 0.497 e. The third-order valence-electron chi connectivity index (χ3n) is 2.60. The van der Waals surface area contributed by atoms with Crippen molar-refractivity contribution in [3.8, 4) is 5.75 Å². The number of hydrogen-bond acceptors (Lipinski definition) is 3. The van der Waals surface area contributed by atoms with Gasteiger partial charge in [-0.3, -0.25) is 4.79 Å². The van der Waals surface area contributed by atoms with Crippen molar-refractivity contribution < 1.29 is 9.53 Å². The first-order valence-corrected chi connectivity index (χ1v) is 6.46. The van der Waals surface area contributed by atoms with Crippen LogP contribution in [0.4, 0.5) is 0 Å². The van der Waals surface area contributed by atoms with Crippen molar-refractivity contribution in [1.82, 2.24) is 5.43 Å². The van der Waals surface area contributed by atoms with Crippen molar-refractivity contribution >= 4 is 11.6 Å². The first-order valence-electron chi connectivity index (χ1n) is 6.46. The van der Waals surface area contributed by atoms with Crippen molar-refractivity contribution in [3.63, 3.8) is 0 Å². The summed E-state index contributed by atoms with van der Waals surface area (Å²) in [6, 6.07) is 7.44. The number of amides is 1. The highest BCUT2D eigenvalue weighted by Crippen LogP contribution is 2.11. The number of carbonyl (C=O) groups excluding carboxylic acids is 1. The fourth-order valence-corrected chi connectivity index (χ4v) is 1.76. The predicted molar refractivity (Wildman–Crippen MR) is 77.4 cm³/mol. The van der Waals surface area contributed by atoms with Crippen molar-refractivity contribution in [1.29, 1.82) is 0 Å². The predicted octanol–water partition coefficient (Wildman–Crippen LogP) is 2.78. The van der Waals surface area contributed by atoms with E-state index in [4.69, 9.17) is 4.74 Å². The fraction of sp³-hybridized carbons (Fsp3) is 0.467. The second kappa shape index (κ2) is 7.56. The molecule has 4 heteroatoms. The summed E-state index contributed by atoms with van der Waals surface area (Å²) in [5, 5.41) is 4.09. The van der Waals surface area contributed by atoms with E-state index in [0.717, 1.165) is 23.4 Å². The van der Waals surface area contributed by atoms with Gasteiger partial charge in [-0.25, -0.2) is 5.43 Å². The Morgan fingerprint density at radius 3 is 2.47 bits per heavy atom. The van der Waals surface area contributed by atoms with Gasteiger partial charge in [-0.1, -0.05) is 26.0 Å². The molecule has 0 aliphatic heterocycles. The van der Waals surface area contributed by atoms with E-state index in [1.54, 1.807) is 7.11 Å². The number of ether oxygens (including phenoxy) is 1. The van der Waals surface area contributed by atoms with Gasteiger partial charge in [0.1, 0.15) is 5.75 Å². The molecule has 0 unspecified atom stereocenters. The van der Waals surface area contributed by atoms with E-state index in [2.05, 4.69) is 24.4 Å². The number of methoxy groups -OCH3 is 1. The molecule has 0 radical (unpaired) electrons. The van der Waals surface area contributed by atoms with Gasteiger partial charge in [0, 0.05) is 5.71 Å². The molecule has 0 heterocycles. The summed E-state index contributed by atoms with van der Waals surface area (Å²) >= 11 is 0. The molecule has 0 aliphatic rings. The van der Waals surface area contributed by atoms with Crippen LogP contribution in [-0.4, -0.2) is 18.7 Å². The maximum Gasteiger partial charge on any atom is 0.244 e. The zero-order chi connectivity index (χ0) is 14.3. The van der Waals surface area contributed by atoms with Crippen molar-refractivity contribution in [2.45, 2.75) is 33.6 Å². The zero-order valence-electron chi connectivity index (χ0n) is 12.1. The Morgan fingerprint density at radius 2 is 1.95 bits per heavy atom. The Balaban J connectivity index is 2.46. The maximum absolute atomic E-state index is 11.7. The van der Waals surface area contributed by atoms with Crippen LogP contribution >= 0.6 is 0 Å². The lowest BCUT2D eigenvalue weighted by molar-refractivity contribution is -0.120. The van der Waals surface area contributed by atoms with Gasteiger partial charge in [-0.05, 0) is 37.0 Å². The number of benzene rings is 1. The maximum atomic E-state index is 11.7. The molecular weight excluding hydrogens is 240 g/mol. The van der Waals surface area contributed by atoms with Crippen LogP contribution in [0.25, 0.3) is 0 Å². The molecule has 0 fully saturated rings. The third kappa shape index (κ3) is 6.04. The molecule has 0 saturated heterocycles. The molecule has 4 nitrogen and oxygen atoms in total. The summed E-state index contributed by atoms with van der Waals surface area (Å²) in [5.41, 5.74) is 4.47. The van der Waals surface area contributed by atoms with Crippen LogP contribution < -0.4 is 10.2 Å². The van der Waals surface area contributed by atoms with Crippen molar-refractivity contribution in [2.24, 2.45) is 11.0 Å². The SMILES string of the molecule is COc1ccc(CC(=O)NN=C(C)CC(C)C)cc1. The lowest BCUT2D eigenvalue weighted by Gasteiger charge is -2.05. The van der Waals surface area contributed by atoms with Gasteiger partial charge in [0.15, 0.2) is 0 Å².